The summed E-state index contributed by atoms with van der Waals surface area (Å²) >= 11 is 0. The zero-order chi connectivity index (χ0) is 27.7. The summed E-state index contributed by atoms with van der Waals surface area (Å²) in [6, 6.07) is 33.5. The fraction of sp³-hybridized carbons (Fsp3) is 0.0968. The first kappa shape index (κ1) is 25.2. The Bertz CT molecular complexity index is 1720. The first-order valence-corrected chi connectivity index (χ1v) is 12.6. The lowest BCUT2D eigenvalue weighted by Gasteiger charge is -2.35. The van der Waals surface area contributed by atoms with Crippen LogP contribution in [0.1, 0.15) is 33.9 Å². The molecule has 6 aromatic rings. The number of hydrogen-bond acceptors (Lipinski definition) is 4. The molecule has 0 bridgehead atoms. The zero-order valence-electron chi connectivity index (χ0n) is 21.4. The molecule has 0 saturated carbocycles. The molecule has 6 nitrogen and oxygen atoms in total. The lowest BCUT2D eigenvalue weighted by Crippen LogP contribution is -2.33. The Balaban J connectivity index is 1.63. The number of benzene rings is 2. The van der Waals surface area contributed by atoms with Gasteiger partial charge >= 0.3 is 6.18 Å². The highest BCUT2D eigenvalue weighted by Gasteiger charge is 2.41. The van der Waals surface area contributed by atoms with Crippen LogP contribution in [0.4, 0.5) is 13.2 Å². The fourth-order valence-corrected chi connectivity index (χ4v) is 4.93. The van der Waals surface area contributed by atoms with Crippen LogP contribution < -0.4 is 0 Å². The molecule has 198 valence electrons. The molecule has 4 aromatic heterocycles. The van der Waals surface area contributed by atoms with Gasteiger partial charge in [-0.25, -0.2) is 19.3 Å². The van der Waals surface area contributed by atoms with E-state index in [2.05, 4.69) is 10.2 Å². The molecule has 0 atom stereocenters. The molecule has 0 spiro atoms. The van der Waals surface area contributed by atoms with Crippen molar-refractivity contribution in [1.29, 1.82) is 0 Å². The number of alkyl halides is 3. The van der Waals surface area contributed by atoms with E-state index in [9.17, 15) is 13.2 Å². The Morgan fingerprint density at radius 1 is 0.525 bits per heavy atom. The van der Waals surface area contributed by atoms with Crippen LogP contribution in [0.2, 0.25) is 0 Å². The maximum absolute atomic E-state index is 13.3. The maximum atomic E-state index is 13.3. The summed E-state index contributed by atoms with van der Waals surface area (Å²) < 4.78 is 42.8. The summed E-state index contributed by atoms with van der Waals surface area (Å²) in [5.74, 6) is 0.878. The Hall–Kier alpha value is -5.05. The van der Waals surface area contributed by atoms with E-state index in [1.807, 2.05) is 104 Å². The summed E-state index contributed by atoms with van der Waals surface area (Å²) in [7, 11) is 0. The monoisotopic (exact) mass is 536 g/mol. The van der Waals surface area contributed by atoms with Crippen LogP contribution in [0.15, 0.2) is 122 Å². The van der Waals surface area contributed by atoms with Crippen LogP contribution in [0.3, 0.4) is 0 Å². The minimum absolute atomic E-state index is 0.253. The number of rotatable bonds is 6. The predicted molar refractivity (Wildman–Crippen MR) is 144 cm³/mol. The second-order valence-corrected chi connectivity index (χ2v) is 9.29. The Morgan fingerprint density at radius 3 is 1.48 bits per heavy atom. The third-order valence-corrected chi connectivity index (χ3v) is 6.72. The molecule has 2 aromatic carbocycles. The van der Waals surface area contributed by atoms with Crippen LogP contribution in [0, 0.1) is 6.92 Å². The van der Waals surface area contributed by atoms with E-state index in [0.29, 0.717) is 17.2 Å². The van der Waals surface area contributed by atoms with Crippen molar-refractivity contribution in [1.82, 2.24) is 29.5 Å². The average molecular weight is 537 g/mol. The van der Waals surface area contributed by atoms with Gasteiger partial charge in [0.1, 0.15) is 5.41 Å². The van der Waals surface area contributed by atoms with Crippen molar-refractivity contribution in [2.75, 3.05) is 0 Å². The summed E-state index contributed by atoms with van der Waals surface area (Å²) in [5.41, 5.74) is 1.89. The molecule has 0 radical (unpaired) electrons. The van der Waals surface area contributed by atoms with Crippen molar-refractivity contribution in [2.45, 2.75) is 18.5 Å². The van der Waals surface area contributed by atoms with E-state index >= 15 is 0 Å². The van der Waals surface area contributed by atoms with Crippen LogP contribution >= 0.6 is 0 Å². The lowest BCUT2D eigenvalue weighted by molar-refractivity contribution is -0.141. The summed E-state index contributed by atoms with van der Waals surface area (Å²) in [4.78, 5) is 10.0. The highest BCUT2D eigenvalue weighted by atomic mass is 19.4. The highest BCUT2D eigenvalue weighted by molar-refractivity contribution is 5.57. The van der Waals surface area contributed by atoms with Gasteiger partial charge in [-0.1, -0.05) is 72.8 Å². The van der Waals surface area contributed by atoms with Crippen LogP contribution in [0.5, 0.6) is 0 Å². The molecule has 0 aliphatic heterocycles. The van der Waals surface area contributed by atoms with Gasteiger partial charge in [0.15, 0.2) is 17.3 Å². The van der Waals surface area contributed by atoms with Gasteiger partial charge in [-0.15, -0.1) is 0 Å². The number of aryl methyl sites for hydroxylation is 1. The summed E-state index contributed by atoms with van der Waals surface area (Å²) in [6.07, 6.45) is -1.44. The third-order valence-electron chi connectivity index (χ3n) is 6.72. The van der Waals surface area contributed by atoms with Gasteiger partial charge in [0.25, 0.3) is 0 Å². The Kier molecular flexibility index (Phi) is 6.26. The normalized spacial score (nSPS) is 12.0. The van der Waals surface area contributed by atoms with Crippen molar-refractivity contribution in [3.63, 3.8) is 0 Å². The Labute approximate surface area is 228 Å². The van der Waals surface area contributed by atoms with Crippen molar-refractivity contribution in [2.24, 2.45) is 0 Å². The van der Waals surface area contributed by atoms with E-state index < -0.39 is 17.3 Å². The Morgan fingerprint density at radius 2 is 1.02 bits per heavy atom. The van der Waals surface area contributed by atoms with E-state index in [4.69, 9.17) is 9.97 Å². The molecule has 0 aliphatic rings. The van der Waals surface area contributed by atoms with Gasteiger partial charge in [-0.2, -0.15) is 23.4 Å². The molecule has 0 fully saturated rings. The first-order valence-electron chi connectivity index (χ1n) is 12.6. The summed E-state index contributed by atoms with van der Waals surface area (Å²) in [5, 5.41) is 8.28. The molecule has 40 heavy (non-hydrogen) atoms. The number of nitrogens with zero attached hydrogens (tertiary/aromatic N) is 6. The second kappa shape index (κ2) is 9.92. The second-order valence-electron chi connectivity index (χ2n) is 9.29. The standard InChI is InChI=1S/C31H23F3N6/c1-22-18-20-39(37-22)28-16-8-14-25(35-28)30(23-10-4-2-5-11-23,24-12-6-3-7-13-24)26-15-9-17-29(36-26)40-21-19-27(38-40)31(32,33)34/h2-21H,1H3. The molecule has 6 rings (SSSR count). The highest BCUT2D eigenvalue weighted by Crippen LogP contribution is 2.44. The van der Waals surface area contributed by atoms with E-state index in [1.54, 1.807) is 16.8 Å². The maximum Gasteiger partial charge on any atom is 0.435 e. The minimum Gasteiger partial charge on any atom is -0.232 e. The average Bonchev–Trinajstić information content (AvgIpc) is 3.65. The molecule has 9 heteroatoms. The number of halogens is 3. The third kappa shape index (κ3) is 4.45. The van der Waals surface area contributed by atoms with Gasteiger partial charge in [-0.05, 0) is 54.4 Å². The quantitative estimate of drug-likeness (QED) is 0.242. The molecule has 0 aliphatic carbocycles. The first-order chi connectivity index (χ1) is 19.4. The van der Waals surface area contributed by atoms with E-state index in [-0.39, 0.29) is 5.82 Å². The van der Waals surface area contributed by atoms with Crippen molar-refractivity contribution in [3.8, 4) is 11.6 Å². The van der Waals surface area contributed by atoms with Gasteiger partial charge in [0.05, 0.1) is 17.1 Å². The molecule has 0 unspecified atom stereocenters. The lowest BCUT2D eigenvalue weighted by atomic mass is 9.69. The van der Waals surface area contributed by atoms with E-state index in [0.717, 1.165) is 27.6 Å². The zero-order valence-corrected chi connectivity index (χ0v) is 21.4. The van der Waals surface area contributed by atoms with Gasteiger partial charge in [0, 0.05) is 12.4 Å². The molecule has 0 amide bonds. The number of hydrogen-bond donors (Lipinski definition) is 0. The predicted octanol–water partition coefficient (Wildman–Crippen LogP) is 6.56. The van der Waals surface area contributed by atoms with Crippen molar-refractivity contribution in [3.05, 3.63) is 155 Å². The van der Waals surface area contributed by atoms with Gasteiger partial charge in [0.2, 0.25) is 0 Å². The fourth-order valence-electron chi connectivity index (χ4n) is 4.93. The van der Waals surface area contributed by atoms with Gasteiger partial charge in [-0.3, -0.25) is 0 Å². The van der Waals surface area contributed by atoms with Gasteiger partial charge < -0.3 is 0 Å². The molecule has 4 heterocycles. The minimum atomic E-state index is -4.56. The largest absolute Gasteiger partial charge is 0.435 e. The topological polar surface area (TPSA) is 61.4 Å². The molecule has 0 N–H and O–H groups in total. The van der Waals surface area contributed by atoms with Crippen LogP contribution in [0.25, 0.3) is 11.6 Å². The SMILES string of the molecule is Cc1ccn(-c2cccc(C(c3ccccc3)(c3ccccc3)c3cccc(-n4ccc(C(F)(F)F)n4)n3)n2)n1. The smallest absolute Gasteiger partial charge is 0.232 e. The number of pyridine rings is 2. The van der Waals surface area contributed by atoms with Crippen molar-refractivity contribution < 1.29 is 13.2 Å². The summed E-state index contributed by atoms with van der Waals surface area (Å²) in [6.45, 7) is 1.91. The number of aromatic nitrogens is 6. The van der Waals surface area contributed by atoms with Crippen molar-refractivity contribution >= 4 is 0 Å². The van der Waals surface area contributed by atoms with E-state index in [1.165, 1.54) is 6.20 Å². The van der Waals surface area contributed by atoms with Crippen LogP contribution in [-0.4, -0.2) is 29.5 Å². The van der Waals surface area contributed by atoms with Crippen LogP contribution in [-0.2, 0) is 11.6 Å². The molecular formula is C31H23F3N6. The molecule has 0 saturated heterocycles. The molecular weight excluding hydrogens is 513 g/mol.